The summed E-state index contributed by atoms with van der Waals surface area (Å²) in [5, 5.41) is 9.20. The number of carbonyl (C=O) groups is 1. The summed E-state index contributed by atoms with van der Waals surface area (Å²) in [6, 6.07) is 6.69. The number of carbonyl (C=O) groups excluding carboxylic acids is 1. The average molecular weight is 369 g/mol. The summed E-state index contributed by atoms with van der Waals surface area (Å²) in [5.41, 5.74) is 0. The first-order valence-electron chi connectivity index (χ1n) is 8.71. The fourth-order valence-electron chi connectivity index (χ4n) is 2.01. The number of nitrogens with one attached hydrogen (secondary N) is 3. The van der Waals surface area contributed by atoms with E-state index in [4.69, 9.17) is 0 Å². The van der Waals surface area contributed by atoms with Crippen LogP contribution >= 0.6 is 11.8 Å². The predicted molar refractivity (Wildman–Crippen MR) is 104 cm³/mol. The molecule has 0 aromatic heterocycles. The molecule has 0 atom stereocenters. The smallest absolute Gasteiger partial charge is 0.221 e. The summed E-state index contributed by atoms with van der Waals surface area (Å²) in [5.74, 6) is 1.48. The van der Waals surface area contributed by atoms with Gasteiger partial charge in [-0.2, -0.15) is 0 Å². The third kappa shape index (κ3) is 10.7. The summed E-state index contributed by atoms with van der Waals surface area (Å²) in [6.45, 7) is 7.92. The molecular weight excluding hydrogens is 339 g/mol. The second-order valence-electron chi connectivity index (χ2n) is 5.82. The Bertz CT molecular complexity index is 534. The van der Waals surface area contributed by atoms with Crippen molar-refractivity contribution in [1.82, 2.24) is 16.0 Å². The SMILES string of the molecule is CCNC(=NCCCSc1ccc(F)cc1)NCCC(=O)NC(C)C. The first kappa shape index (κ1) is 21.3. The highest BCUT2D eigenvalue weighted by Gasteiger charge is 2.03. The van der Waals surface area contributed by atoms with Gasteiger partial charge in [0.25, 0.3) is 0 Å². The second-order valence-corrected chi connectivity index (χ2v) is 6.98. The van der Waals surface area contributed by atoms with E-state index >= 15 is 0 Å². The van der Waals surface area contributed by atoms with Gasteiger partial charge in [0.2, 0.25) is 5.91 Å². The molecule has 0 heterocycles. The van der Waals surface area contributed by atoms with Crippen molar-refractivity contribution in [3.05, 3.63) is 30.1 Å². The molecule has 1 rings (SSSR count). The summed E-state index contributed by atoms with van der Waals surface area (Å²) in [4.78, 5) is 17.2. The topological polar surface area (TPSA) is 65.5 Å². The van der Waals surface area contributed by atoms with E-state index in [-0.39, 0.29) is 17.8 Å². The Morgan fingerprint density at radius 2 is 1.96 bits per heavy atom. The summed E-state index contributed by atoms with van der Waals surface area (Å²) < 4.78 is 12.8. The molecule has 1 amide bonds. The molecule has 0 fully saturated rings. The molecule has 1 aromatic rings. The molecule has 25 heavy (non-hydrogen) atoms. The van der Waals surface area contributed by atoms with Crippen LogP contribution < -0.4 is 16.0 Å². The van der Waals surface area contributed by atoms with Crippen LogP contribution in [0.3, 0.4) is 0 Å². The highest BCUT2D eigenvalue weighted by Crippen LogP contribution is 2.18. The third-order valence-corrected chi connectivity index (χ3v) is 4.19. The molecule has 0 aliphatic rings. The molecule has 3 N–H and O–H groups in total. The fourth-order valence-corrected chi connectivity index (χ4v) is 2.84. The number of guanidine groups is 1. The normalized spacial score (nSPS) is 11.5. The van der Waals surface area contributed by atoms with Crippen molar-refractivity contribution >= 4 is 23.6 Å². The van der Waals surface area contributed by atoms with Crippen LogP contribution in [-0.2, 0) is 4.79 Å². The maximum atomic E-state index is 12.8. The number of hydrogen-bond acceptors (Lipinski definition) is 3. The lowest BCUT2D eigenvalue weighted by Gasteiger charge is -2.12. The molecular formula is C18H29FN4OS. The first-order valence-corrected chi connectivity index (χ1v) is 9.69. The molecule has 140 valence electrons. The molecule has 0 spiro atoms. The van der Waals surface area contributed by atoms with Crippen molar-refractivity contribution in [2.45, 2.75) is 44.6 Å². The maximum absolute atomic E-state index is 12.8. The summed E-state index contributed by atoms with van der Waals surface area (Å²) >= 11 is 1.69. The van der Waals surface area contributed by atoms with Gasteiger partial charge in [0, 0.05) is 37.0 Å². The van der Waals surface area contributed by atoms with Gasteiger partial charge in [0.1, 0.15) is 5.82 Å². The van der Waals surface area contributed by atoms with Gasteiger partial charge in [-0.25, -0.2) is 4.39 Å². The average Bonchev–Trinajstić information content (AvgIpc) is 2.55. The molecule has 1 aromatic carbocycles. The third-order valence-electron chi connectivity index (χ3n) is 3.09. The molecule has 0 radical (unpaired) electrons. The Balaban J connectivity index is 2.25. The van der Waals surface area contributed by atoms with E-state index < -0.39 is 0 Å². The van der Waals surface area contributed by atoms with E-state index in [2.05, 4.69) is 20.9 Å². The van der Waals surface area contributed by atoms with Crippen molar-refractivity contribution in [3.63, 3.8) is 0 Å². The number of amides is 1. The van der Waals surface area contributed by atoms with E-state index in [9.17, 15) is 9.18 Å². The van der Waals surface area contributed by atoms with Gasteiger partial charge < -0.3 is 16.0 Å². The van der Waals surface area contributed by atoms with E-state index in [0.717, 1.165) is 29.6 Å². The fraction of sp³-hybridized carbons (Fsp3) is 0.556. The van der Waals surface area contributed by atoms with Crippen molar-refractivity contribution in [1.29, 1.82) is 0 Å². The van der Waals surface area contributed by atoms with Crippen LogP contribution in [0, 0.1) is 5.82 Å². The number of hydrogen-bond donors (Lipinski definition) is 3. The van der Waals surface area contributed by atoms with Crippen molar-refractivity contribution in [2.24, 2.45) is 4.99 Å². The Morgan fingerprint density at radius 1 is 1.24 bits per heavy atom. The molecule has 0 saturated heterocycles. The monoisotopic (exact) mass is 368 g/mol. The molecule has 0 aliphatic heterocycles. The van der Waals surface area contributed by atoms with Crippen LogP contribution in [0.2, 0.25) is 0 Å². The minimum absolute atomic E-state index is 0.0362. The molecule has 0 saturated carbocycles. The first-order chi connectivity index (χ1) is 12.0. The lowest BCUT2D eigenvalue weighted by atomic mass is 10.3. The molecule has 7 heteroatoms. The van der Waals surface area contributed by atoms with E-state index in [1.165, 1.54) is 12.1 Å². The van der Waals surface area contributed by atoms with Crippen molar-refractivity contribution in [2.75, 3.05) is 25.4 Å². The highest BCUT2D eigenvalue weighted by molar-refractivity contribution is 7.99. The Kier molecular flexibility index (Phi) is 10.7. The highest BCUT2D eigenvalue weighted by atomic mass is 32.2. The molecule has 5 nitrogen and oxygen atoms in total. The Labute approximate surface area is 154 Å². The van der Waals surface area contributed by atoms with Crippen LogP contribution in [0.4, 0.5) is 4.39 Å². The number of aliphatic imine (C=N–C) groups is 1. The van der Waals surface area contributed by atoms with Gasteiger partial charge in [0.15, 0.2) is 5.96 Å². The number of rotatable bonds is 10. The van der Waals surface area contributed by atoms with Crippen LogP contribution in [0.15, 0.2) is 34.2 Å². The Hall–Kier alpha value is -1.76. The van der Waals surface area contributed by atoms with Gasteiger partial charge in [-0.1, -0.05) is 0 Å². The second kappa shape index (κ2) is 12.6. The Morgan fingerprint density at radius 3 is 2.60 bits per heavy atom. The predicted octanol–water partition coefficient (Wildman–Crippen LogP) is 2.78. The zero-order valence-corrected chi connectivity index (χ0v) is 16.1. The summed E-state index contributed by atoms with van der Waals surface area (Å²) in [7, 11) is 0. The summed E-state index contributed by atoms with van der Waals surface area (Å²) in [6.07, 6.45) is 1.34. The lowest BCUT2D eigenvalue weighted by Crippen LogP contribution is -2.40. The van der Waals surface area contributed by atoms with E-state index in [1.807, 2.05) is 20.8 Å². The number of nitrogens with zero attached hydrogens (tertiary/aromatic N) is 1. The van der Waals surface area contributed by atoms with Gasteiger partial charge in [-0.15, -0.1) is 11.8 Å². The van der Waals surface area contributed by atoms with Gasteiger partial charge in [-0.3, -0.25) is 9.79 Å². The number of halogens is 1. The maximum Gasteiger partial charge on any atom is 0.221 e. The van der Waals surface area contributed by atoms with Crippen LogP contribution in [0.5, 0.6) is 0 Å². The minimum atomic E-state index is -0.211. The number of benzene rings is 1. The van der Waals surface area contributed by atoms with Gasteiger partial charge in [-0.05, 0) is 57.2 Å². The largest absolute Gasteiger partial charge is 0.357 e. The quantitative estimate of drug-likeness (QED) is 0.257. The van der Waals surface area contributed by atoms with Crippen LogP contribution in [0.25, 0.3) is 0 Å². The molecule has 0 unspecified atom stereocenters. The number of thioether (sulfide) groups is 1. The minimum Gasteiger partial charge on any atom is -0.357 e. The zero-order chi connectivity index (χ0) is 18.5. The molecule has 0 aliphatic carbocycles. The van der Waals surface area contributed by atoms with E-state index in [0.29, 0.717) is 19.5 Å². The van der Waals surface area contributed by atoms with Crippen molar-refractivity contribution in [3.8, 4) is 0 Å². The van der Waals surface area contributed by atoms with Gasteiger partial charge >= 0.3 is 0 Å². The standard InChI is InChI=1S/C18H29FN4OS/c1-4-20-18(22-12-10-17(24)23-14(2)3)21-11-5-13-25-16-8-6-15(19)7-9-16/h6-9,14H,4-5,10-13H2,1-3H3,(H,23,24)(H2,20,21,22). The lowest BCUT2D eigenvalue weighted by molar-refractivity contribution is -0.121. The van der Waals surface area contributed by atoms with Gasteiger partial charge in [0.05, 0.1) is 0 Å². The van der Waals surface area contributed by atoms with Crippen LogP contribution in [-0.4, -0.2) is 43.3 Å². The molecule has 0 bridgehead atoms. The zero-order valence-electron chi connectivity index (χ0n) is 15.3. The van der Waals surface area contributed by atoms with E-state index in [1.54, 1.807) is 23.9 Å². The van der Waals surface area contributed by atoms with Crippen molar-refractivity contribution < 1.29 is 9.18 Å². The van der Waals surface area contributed by atoms with Crippen LogP contribution in [0.1, 0.15) is 33.6 Å².